The van der Waals surface area contributed by atoms with E-state index in [1.54, 1.807) is 38.4 Å². The van der Waals surface area contributed by atoms with Crippen molar-refractivity contribution in [3.8, 4) is 0 Å². The first-order valence-corrected chi connectivity index (χ1v) is 11.3. The van der Waals surface area contributed by atoms with Gasteiger partial charge in [-0.15, -0.1) is 14.8 Å². The van der Waals surface area contributed by atoms with Gasteiger partial charge in [0.2, 0.25) is 0 Å². The van der Waals surface area contributed by atoms with Gasteiger partial charge in [-0.2, -0.15) is 0 Å². The number of hydrogen-bond donors (Lipinski definition) is 0. The van der Waals surface area contributed by atoms with Gasteiger partial charge >= 0.3 is 0 Å². The fraction of sp³-hybridized carbons (Fsp3) is 0.520. The van der Waals surface area contributed by atoms with Gasteiger partial charge in [-0.3, -0.25) is 0 Å². The average molecular weight is 367 g/mol. The van der Waals surface area contributed by atoms with Crippen LogP contribution in [0.5, 0.6) is 0 Å². The van der Waals surface area contributed by atoms with Gasteiger partial charge in [0.1, 0.15) is 0 Å². The second-order valence-electron chi connectivity index (χ2n) is 8.37. The normalized spacial score (nSPS) is 19.0. The number of rotatable bonds is 6. The predicted molar refractivity (Wildman–Crippen MR) is 119 cm³/mol. The third kappa shape index (κ3) is 3.72. The minimum atomic E-state index is 0.633. The predicted octanol–water partition coefficient (Wildman–Crippen LogP) is 7.51. The van der Waals surface area contributed by atoms with Crippen LogP contribution in [0, 0.1) is 5.92 Å². The van der Waals surface area contributed by atoms with Gasteiger partial charge in [-0.05, 0) is 112 Å². The van der Waals surface area contributed by atoms with Crippen LogP contribution in [-0.2, 0) is 25.7 Å². The lowest BCUT2D eigenvalue weighted by Crippen LogP contribution is -2.04. The van der Waals surface area contributed by atoms with Crippen molar-refractivity contribution >= 4 is 8.19 Å². The molecule has 1 unspecified atom stereocenters. The number of hydrogen-bond acceptors (Lipinski definition) is 0. The fourth-order valence-electron chi connectivity index (χ4n) is 4.84. The van der Waals surface area contributed by atoms with Crippen molar-refractivity contribution in [1.29, 1.82) is 0 Å². The molecule has 0 spiro atoms. The van der Waals surface area contributed by atoms with Crippen LogP contribution in [0.4, 0.5) is 0 Å². The molecular weight excluding hydrogens is 331 g/mol. The second-order valence-corrected chi connectivity index (χ2v) is 9.83. The van der Waals surface area contributed by atoms with Crippen LogP contribution >= 0.6 is 8.19 Å². The van der Waals surface area contributed by atoms with Crippen LogP contribution in [-0.4, -0.2) is 0 Å². The Kier molecular flexibility index (Phi) is 6.13. The van der Waals surface area contributed by atoms with Gasteiger partial charge in [0.05, 0.1) is 0 Å². The van der Waals surface area contributed by atoms with Crippen molar-refractivity contribution in [2.75, 3.05) is 0 Å². The molecule has 0 N–H and O–H groups in total. The van der Waals surface area contributed by atoms with Crippen LogP contribution in [0.1, 0.15) is 75.6 Å². The Balaban J connectivity index is 1.75. The summed E-state index contributed by atoms with van der Waals surface area (Å²) in [6.45, 7) is 15.5. The molecule has 2 aliphatic rings. The van der Waals surface area contributed by atoms with Crippen molar-refractivity contribution < 1.29 is 0 Å². The smallest absolute Gasteiger partial charge is 0.00476 e. The van der Waals surface area contributed by atoms with E-state index < -0.39 is 0 Å². The molecule has 0 amide bonds. The Labute approximate surface area is 162 Å². The molecule has 3 rings (SSSR count). The Morgan fingerprint density at radius 2 is 1.58 bits per heavy atom. The molecule has 0 bridgehead atoms. The molecule has 2 aliphatic carbocycles. The summed E-state index contributed by atoms with van der Waals surface area (Å²) in [5, 5.41) is 3.43. The van der Waals surface area contributed by atoms with Gasteiger partial charge in [0.15, 0.2) is 0 Å². The molecular formula is C25H35P. The first-order valence-electron chi connectivity index (χ1n) is 10.3. The van der Waals surface area contributed by atoms with E-state index in [-0.39, 0.29) is 0 Å². The Morgan fingerprint density at radius 3 is 2.15 bits per heavy atom. The zero-order chi connectivity index (χ0) is 18.8. The molecule has 0 nitrogen and oxygen atoms in total. The van der Waals surface area contributed by atoms with E-state index in [1.807, 2.05) is 0 Å². The maximum atomic E-state index is 3.98. The van der Waals surface area contributed by atoms with E-state index in [4.69, 9.17) is 0 Å². The molecule has 1 aromatic heterocycles. The van der Waals surface area contributed by atoms with Crippen molar-refractivity contribution in [2.45, 2.75) is 79.6 Å². The lowest BCUT2D eigenvalue weighted by Gasteiger charge is -2.15. The summed E-state index contributed by atoms with van der Waals surface area (Å²) in [4.78, 5) is 0. The molecule has 1 heterocycles. The summed E-state index contributed by atoms with van der Waals surface area (Å²) < 4.78 is 0. The van der Waals surface area contributed by atoms with Crippen LogP contribution in [0.15, 0.2) is 46.6 Å². The molecule has 1 aromatic rings. The van der Waals surface area contributed by atoms with E-state index in [0.717, 1.165) is 14.6 Å². The monoisotopic (exact) mass is 366 g/mol. The lowest BCUT2D eigenvalue weighted by atomic mass is 9.89. The summed E-state index contributed by atoms with van der Waals surface area (Å²) >= 11 is 0. The molecule has 0 saturated carbocycles. The molecule has 140 valence electrons. The van der Waals surface area contributed by atoms with Crippen LogP contribution < -0.4 is 0 Å². The molecule has 0 saturated heterocycles. The van der Waals surface area contributed by atoms with Crippen LogP contribution in [0.25, 0.3) is 0 Å². The van der Waals surface area contributed by atoms with E-state index >= 15 is 0 Å². The molecule has 1 heteroatoms. The molecule has 1 atom stereocenters. The second kappa shape index (κ2) is 8.18. The molecule has 0 aliphatic heterocycles. The molecule has 0 aromatic carbocycles. The van der Waals surface area contributed by atoms with Crippen molar-refractivity contribution in [2.24, 2.45) is 5.92 Å². The molecule has 26 heavy (non-hydrogen) atoms. The number of allylic oxidation sites excluding steroid dienone is 7. The van der Waals surface area contributed by atoms with Gasteiger partial charge in [0, 0.05) is 5.92 Å². The summed E-state index contributed by atoms with van der Waals surface area (Å²) in [7, 11) is 0.927. The Morgan fingerprint density at radius 1 is 1.00 bits per heavy atom. The highest BCUT2D eigenvalue weighted by atomic mass is 31.0. The van der Waals surface area contributed by atoms with E-state index in [1.165, 1.54) is 49.7 Å². The topological polar surface area (TPSA) is 0 Å². The highest BCUT2D eigenvalue weighted by Gasteiger charge is 2.23. The Bertz CT molecular complexity index is 770. The first-order chi connectivity index (χ1) is 12.4. The highest BCUT2D eigenvalue weighted by molar-refractivity contribution is 7.32. The van der Waals surface area contributed by atoms with Crippen LogP contribution in [0.3, 0.4) is 0 Å². The molecule has 0 fully saturated rings. The van der Waals surface area contributed by atoms with Gasteiger partial charge < -0.3 is 0 Å². The summed E-state index contributed by atoms with van der Waals surface area (Å²) in [5.41, 5.74) is 11.2. The maximum Gasteiger partial charge on any atom is 0.00476 e. The average Bonchev–Trinajstić information content (AvgIpc) is 3.06. The maximum absolute atomic E-state index is 3.98. The first kappa shape index (κ1) is 19.5. The largest absolute Gasteiger partial charge is 0.132 e. The number of fused-ring (bicyclic) bond motifs is 1. The minimum absolute atomic E-state index is 0.633. The van der Waals surface area contributed by atoms with Gasteiger partial charge in [-0.1, -0.05) is 28.9 Å². The van der Waals surface area contributed by atoms with Crippen molar-refractivity contribution in [1.82, 2.24) is 0 Å². The minimum Gasteiger partial charge on any atom is -0.132 e. The third-order valence-corrected chi connectivity index (χ3v) is 8.38. The quantitative estimate of drug-likeness (QED) is 0.457. The van der Waals surface area contributed by atoms with E-state index in [2.05, 4.69) is 53.3 Å². The van der Waals surface area contributed by atoms with E-state index in [9.17, 15) is 0 Å². The zero-order valence-corrected chi connectivity index (χ0v) is 18.4. The lowest BCUT2D eigenvalue weighted by molar-refractivity contribution is 0.682. The highest BCUT2D eigenvalue weighted by Crippen LogP contribution is 2.41. The van der Waals surface area contributed by atoms with Crippen LogP contribution in [0.2, 0.25) is 0 Å². The SMILES string of the molecule is C=CCc1[pH]c(C/C(C)=C/CC2C(C)=C(C)C(C)=C2C)c2c1CCCC2. The fourth-order valence-corrected chi connectivity index (χ4v) is 6.67. The van der Waals surface area contributed by atoms with Gasteiger partial charge in [-0.25, -0.2) is 0 Å². The van der Waals surface area contributed by atoms with Crippen molar-refractivity contribution in [3.05, 3.63) is 68.3 Å². The summed E-state index contributed by atoms with van der Waals surface area (Å²) in [6, 6.07) is 0. The van der Waals surface area contributed by atoms with E-state index in [0.29, 0.717) is 5.92 Å². The molecule has 0 radical (unpaired) electrons. The summed E-state index contributed by atoms with van der Waals surface area (Å²) in [6.07, 6.45) is 13.5. The third-order valence-electron chi connectivity index (χ3n) is 6.80. The Hall–Kier alpha value is -1.26. The zero-order valence-electron chi connectivity index (χ0n) is 17.4. The van der Waals surface area contributed by atoms with Crippen molar-refractivity contribution in [3.63, 3.8) is 0 Å². The summed E-state index contributed by atoms with van der Waals surface area (Å²) in [5.74, 6) is 0.633. The van der Waals surface area contributed by atoms with Gasteiger partial charge in [0.25, 0.3) is 0 Å². The standard InChI is InChI=1S/C25H35P/c1-7-10-24-22-11-8-9-12-23(22)25(26-24)15-16(2)13-14-21-19(5)17(3)18(4)20(21)6/h7,13,21,26H,1,8-12,14-15H2,2-6H3/b16-13+.